The Kier molecular flexibility index (Phi) is 7.03. The monoisotopic (exact) mass is 499 g/mol. The van der Waals surface area contributed by atoms with E-state index in [4.69, 9.17) is 4.74 Å². The van der Waals surface area contributed by atoms with Crippen LogP contribution in [0.25, 0.3) is 5.69 Å². The number of nitrogens with zero attached hydrogens (tertiary/aromatic N) is 4. The van der Waals surface area contributed by atoms with Gasteiger partial charge in [-0.1, -0.05) is 24.3 Å². The van der Waals surface area contributed by atoms with E-state index >= 15 is 0 Å². The van der Waals surface area contributed by atoms with Crippen LogP contribution >= 0.6 is 0 Å². The van der Waals surface area contributed by atoms with E-state index in [-0.39, 0.29) is 24.7 Å². The zero-order valence-electron chi connectivity index (χ0n) is 20.6. The molecule has 36 heavy (non-hydrogen) atoms. The summed E-state index contributed by atoms with van der Waals surface area (Å²) >= 11 is 0. The van der Waals surface area contributed by atoms with Gasteiger partial charge in [0.15, 0.2) is 0 Å². The molecule has 0 radical (unpaired) electrons. The molecule has 2 aromatic carbocycles. The van der Waals surface area contributed by atoms with Gasteiger partial charge >= 0.3 is 6.18 Å². The van der Waals surface area contributed by atoms with Gasteiger partial charge in [-0.2, -0.15) is 13.2 Å². The normalized spacial score (nSPS) is 22.5. The van der Waals surface area contributed by atoms with Crippen molar-refractivity contribution in [2.24, 2.45) is 0 Å². The lowest BCUT2D eigenvalue weighted by atomic mass is 10.0. The zero-order valence-corrected chi connectivity index (χ0v) is 20.6. The molecule has 1 aliphatic carbocycles. The molecule has 6 nitrogen and oxygen atoms in total. The molecule has 1 aromatic heterocycles. The molecule has 5 rings (SSSR count). The van der Waals surface area contributed by atoms with Gasteiger partial charge in [-0.15, -0.1) is 10.2 Å². The van der Waals surface area contributed by atoms with E-state index in [1.54, 1.807) is 0 Å². The average molecular weight is 500 g/mol. The third-order valence-corrected chi connectivity index (χ3v) is 7.25. The van der Waals surface area contributed by atoms with Crippen LogP contribution in [0.4, 0.5) is 13.2 Å². The van der Waals surface area contributed by atoms with Crippen molar-refractivity contribution in [3.05, 3.63) is 71.3 Å². The number of benzene rings is 2. The number of hydrogen-bond acceptors (Lipinski definition) is 5. The van der Waals surface area contributed by atoms with Gasteiger partial charge in [0.05, 0.1) is 12.5 Å². The van der Waals surface area contributed by atoms with E-state index in [0.717, 1.165) is 55.4 Å². The lowest BCUT2D eigenvalue weighted by Gasteiger charge is -2.39. The summed E-state index contributed by atoms with van der Waals surface area (Å²) in [5.41, 5.74) is 3.44. The Hall–Kier alpha value is -2.91. The van der Waals surface area contributed by atoms with Crippen molar-refractivity contribution < 1.29 is 17.9 Å². The number of fused-ring (bicyclic) bond motifs is 1. The molecule has 1 saturated heterocycles. The maximum absolute atomic E-state index is 12.6. The third-order valence-electron chi connectivity index (χ3n) is 7.25. The number of likely N-dealkylation sites (tertiary alicyclic amines) is 1. The smallest absolute Gasteiger partial charge is 0.390 e. The number of ether oxygens (including phenoxy) is 1. The summed E-state index contributed by atoms with van der Waals surface area (Å²) in [6, 6.07) is 16.5. The lowest BCUT2D eigenvalue weighted by Crippen LogP contribution is -2.51. The van der Waals surface area contributed by atoms with Crippen molar-refractivity contribution in [2.45, 2.75) is 63.9 Å². The number of nitrogens with one attached hydrogen (secondary N) is 1. The van der Waals surface area contributed by atoms with E-state index in [2.05, 4.69) is 38.6 Å². The highest BCUT2D eigenvalue weighted by atomic mass is 19.4. The second-order valence-electron chi connectivity index (χ2n) is 9.79. The molecule has 0 bridgehead atoms. The van der Waals surface area contributed by atoms with Crippen LogP contribution in [0.5, 0.6) is 5.75 Å². The van der Waals surface area contributed by atoms with Crippen LogP contribution in [0.3, 0.4) is 0 Å². The number of rotatable bonds is 7. The molecule has 2 aliphatic rings. The van der Waals surface area contributed by atoms with Crippen molar-refractivity contribution in [2.75, 3.05) is 19.6 Å². The maximum Gasteiger partial charge on any atom is 0.390 e. The van der Waals surface area contributed by atoms with Gasteiger partial charge in [0.2, 0.25) is 0 Å². The van der Waals surface area contributed by atoms with Crippen LogP contribution in [-0.4, -0.2) is 57.6 Å². The first-order valence-corrected chi connectivity index (χ1v) is 12.6. The Labute approximate surface area is 209 Å². The molecule has 0 unspecified atom stereocenters. The van der Waals surface area contributed by atoms with Gasteiger partial charge in [0.25, 0.3) is 0 Å². The largest absolute Gasteiger partial charge is 0.484 e. The van der Waals surface area contributed by atoms with Crippen molar-refractivity contribution in [3.8, 4) is 11.4 Å². The minimum absolute atomic E-state index is 0.0371. The molecule has 192 valence electrons. The summed E-state index contributed by atoms with van der Waals surface area (Å²) in [4.78, 5) is 2.40. The minimum Gasteiger partial charge on any atom is -0.484 e. The summed E-state index contributed by atoms with van der Waals surface area (Å²) in [6.07, 6.45) is -2.35. The molecular formula is C27H32F3N5O. The van der Waals surface area contributed by atoms with E-state index in [1.807, 2.05) is 48.7 Å². The third kappa shape index (κ3) is 5.42. The minimum atomic E-state index is -4.13. The molecule has 2 heterocycles. The topological polar surface area (TPSA) is 55.2 Å². The van der Waals surface area contributed by atoms with Crippen molar-refractivity contribution >= 4 is 0 Å². The van der Waals surface area contributed by atoms with Gasteiger partial charge in [0, 0.05) is 24.8 Å². The van der Waals surface area contributed by atoms with Crippen LogP contribution in [0.15, 0.2) is 48.5 Å². The maximum atomic E-state index is 12.6. The highest BCUT2D eigenvalue weighted by Crippen LogP contribution is 2.39. The number of piperidine rings is 1. The van der Waals surface area contributed by atoms with Crippen LogP contribution in [0.1, 0.15) is 48.1 Å². The van der Waals surface area contributed by atoms with Crippen LogP contribution in [0, 0.1) is 13.8 Å². The van der Waals surface area contributed by atoms with Gasteiger partial charge in [-0.25, -0.2) is 0 Å². The van der Waals surface area contributed by atoms with Gasteiger partial charge < -0.3 is 10.1 Å². The second kappa shape index (κ2) is 10.2. The standard InChI is InChI=1S/C27H32F3N5O/c1-18-32-33-19(2)35(18)22-9-11-23(12-10-22)36-26-24-8-4-3-6-20(24)16-25(26)34-15-5-7-21(17-34)31-14-13-27(28,29)30/h3-4,6,8-12,21,25-26,31H,5,7,13-17H2,1-2H3/t21-,25+,26+/m1/s1. The summed E-state index contributed by atoms with van der Waals surface area (Å²) < 4.78 is 46.4. The Balaban J connectivity index is 1.31. The highest BCUT2D eigenvalue weighted by Gasteiger charge is 2.39. The summed E-state index contributed by atoms with van der Waals surface area (Å²) in [5, 5.41) is 11.4. The Morgan fingerprint density at radius 1 is 1.03 bits per heavy atom. The first kappa shape index (κ1) is 24.8. The molecule has 0 spiro atoms. The van der Waals surface area contributed by atoms with E-state index in [1.165, 1.54) is 11.1 Å². The zero-order chi connectivity index (χ0) is 25.3. The Morgan fingerprint density at radius 3 is 2.47 bits per heavy atom. The molecular weight excluding hydrogens is 467 g/mol. The molecule has 3 atom stereocenters. The fourth-order valence-corrected chi connectivity index (χ4v) is 5.55. The molecule has 9 heteroatoms. The number of alkyl halides is 3. The van der Waals surface area contributed by atoms with Gasteiger partial charge in [0.1, 0.15) is 23.5 Å². The summed E-state index contributed by atoms with van der Waals surface area (Å²) in [5.74, 6) is 2.44. The first-order chi connectivity index (χ1) is 17.3. The number of halogens is 3. The predicted octanol–water partition coefficient (Wildman–Crippen LogP) is 4.94. The van der Waals surface area contributed by atoms with Crippen LogP contribution < -0.4 is 10.1 Å². The SMILES string of the molecule is Cc1nnc(C)n1-c1ccc(O[C@H]2c3ccccc3C[C@@H]2N2CCC[C@@H](NCCC(F)(F)F)C2)cc1. The van der Waals surface area contributed by atoms with E-state index in [9.17, 15) is 13.2 Å². The Bertz CT molecular complexity index is 1160. The summed E-state index contributed by atoms with van der Waals surface area (Å²) in [7, 11) is 0. The van der Waals surface area contributed by atoms with Crippen molar-refractivity contribution in [1.29, 1.82) is 0 Å². The van der Waals surface area contributed by atoms with Crippen molar-refractivity contribution in [1.82, 2.24) is 25.0 Å². The number of aromatic nitrogens is 3. The van der Waals surface area contributed by atoms with E-state index in [0.29, 0.717) is 0 Å². The van der Waals surface area contributed by atoms with Crippen LogP contribution in [-0.2, 0) is 6.42 Å². The van der Waals surface area contributed by atoms with Crippen LogP contribution in [0.2, 0.25) is 0 Å². The van der Waals surface area contributed by atoms with Gasteiger partial charge in [-0.05, 0) is 75.0 Å². The number of aryl methyl sites for hydroxylation is 2. The fourth-order valence-electron chi connectivity index (χ4n) is 5.55. The molecule has 0 saturated carbocycles. The first-order valence-electron chi connectivity index (χ1n) is 12.6. The number of hydrogen-bond donors (Lipinski definition) is 1. The fraction of sp³-hybridized carbons (Fsp3) is 0.481. The highest BCUT2D eigenvalue weighted by molar-refractivity contribution is 5.41. The second-order valence-corrected chi connectivity index (χ2v) is 9.79. The predicted molar refractivity (Wildman–Crippen MR) is 131 cm³/mol. The molecule has 1 fully saturated rings. The molecule has 3 aromatic rings. The Morgan fingerprint density at radius 2 is 1.75 bits per heavy atom. The van der Waals surface area contributed by atoms with E-state index < -0.39 is 12.6 Å². The molecule has 0 amide bonds. The van der Waals surface area contributed by atoms with Crippen molar-refractivity contribution in [3.63, 3.8) is 0 Å². The molecule has 1 aliphatic heterocycles. The summed E-state index contributed by atoms with van der Waals surface area (Å²) in [6.45, 7) is 5.45. The average Bonchev–Trinajstić information content (AvgIpc) is 3.38. The lowest BCUT2D eigenvalue weighted by molar-refractivity contribution is -0.133. The quantitative estimate of drug-likeness (QED) is 0.499. The molecule has 1 N–H and O–H groups in total. The van der Waals surface area contributed by atoms with Gasteiger partial charge in [-0.3, -0.25) is 9.47 Å².